The number of carbonyl (C=O) groups excluding carboxylic acids is 1. The third kappa shape index (κ3) is 5.76. The van der Waals surface area contributed by atoms with Crippen molar-refractivity contribution in [3.8, 4) is 0 Å². The lowest BCUT2D eigenvalue weighted by Gasteiger charge is -2.22. The van der Waals surface area contributed by atoms with Gasteiger partial charge in [-0.05, 0) is 30.2 Å². The first kappa shape index (κ1) is 20.8. The maximum absolute atomic E-state index is 13.1. The fourth-order valence-electron chi connectivity index (χ4n) is 2.88. The van der Waals surface area contributed by atoms with E-state index in [0.29, 0.717) is 6.54 Å². The Balaban J connectivity index is 1.75. The quantitative estimate of drug-likeness (QED) is 0.620. The van der Waals surface area contributed by atoms with Crippen LogP contribution in [0.25, 0.3) is 0 Å². The van der Waals surface area contributed by atoms with Crippen LogP contribution < -0.4 is 5.32 Å². The largest absolute Gasteiger partial charge is 0.351 e. The molecule has 0 fully saturated rings. The molecule has 3 aromatic carbocycles. The van der Waals surface area contributed by atoms with E-state index in [1.807, 2.05) is 61.5 Å². The van der Waals surface area contributed by atoms with Gasteiger partial charge in [-0.2, -0.15) is 4.31 Å². The molecular weight excluding hydrogens is 384 g/mol. The van der Waals surface area contributed by atoms with Gasteiger partial charge in [-0.1, -0.05) is 78.4 Å². The summed E-state index contributed by atoms with van der Waals surface area (Å²) in [6.45, 7) is 2.22. The van der Waals surface area contributed by atoms with Crippen molar-refractivity contribution in [1.82, 2.24) is 9.62 Å². The molecule has 5 nitrogen and oxygen atoms in total. The number of nitrogens with zero attached hydrogens (tertiary/aromatic N) is 1. The Kier molecular flexibility index (Phi) is 6.80. The number of hydrogen-bond acceptors (Lipinski definition) is 3. The highest BCUT2D eigenvalue weighted by molar-refractivity contribution is 7.89. The van der Waals surface area contributed by atoms with E-state index in [2.05, 4.69) is 5.32 Å². The normalized spacial score (nSPS) is 11.4. The fraction of sp³-hybridized carbons (Fsp3) is 0.174. The van der Waals surface area contributed by atoms with Gasteiger partial charge < -0.3 is 5.32 Å². The molecule has 0 aromatic heterocycles. The minimum atomic E-state index is -3.81. The molecule has 1 amide bonds. The standard InChI is InChI=1S/C23H24N2O3S/c1-19-12-14-20(15-13-19)16-24-23(26)18-25(17-21-8-4-2-5-9-21)29(27,28)22-10-6-3-7-11-22/h2-15H,16-18H2,1H3,(H,24,26). The van der Waals surface area contributed by atoms with Crippen molar-refractivity contribution in [3.63, 3.8) is 0 Å². The summed E-state index contributed by atoms with van der Waals surface area (Å²) in [7, 11) is -3.81. The Morgan fingerprint density at radius 1 is 0.828 bits per heavy atom. The average Bonchev–Trinajstić information content (AvgIpc) is 2.74. The van der Waals surface area contributed by atoms with Crippen LogP contribution in [0.2, 0.25) is 0 Å². The zero-order valence-corrected chi connectivity index (χ0v) is 17.1. The zero-order valence-electron chi connectivity index (χ0n) is 16.3. The first-order valence-corrected chi connectivity index (χ1v) is 10.8. The molecule has 0 heterocycles. The summed E-state index contributed by atoms with van der Waals surface area (Å²) in [5.41, 5.74) is 2.92. The summed E-state index contributed by atoms with van der Waals surface area (Å²) in [5.74, 6) is -0.346. The Morgan fingerprint density at radius 3 is 2.03 bits per heavy atom. The molecule has 3 aromatic rings. The highest BCUT2D eigenvalue weighted by Gasteiger charge is 2.26. The molecule has 0 radical (unpaired) electrons. The molecule has 6 heteroatoms. The Morgan fingerprint density at radius 2 is 1.41 bits per heavy atom. The minimum absolute atomic E-state index is 0.121. The molecule has 0 saturated heterocycles. The van der Waals surface area contributed by atoms with Crippen LogP contribution >= 0.6 is 0 Å². The van der Waals surface area contributed by atoms with E-state index in [1.54, 1.807) is 18.2 Å². The van der Waals surface area contributed by atoms with Gasteiger partial charge in [0.2, 0.25) is 15.9 Å². The first-order valence-electron chi connectivity index (χ1n) is 9.36. The van der Waals surface area contributed by atoms with Gasteiger partial charge in [0, 0.05) is 13.1 Å². The van der Waals surface area contributed by atoms with Gasteiger partial charge in [0.15, 0.2) is 0 Å². The van der Waals surface area contributed by atoms with Gasteiger partial charge in [0.25, 0.3) is 0 Å². The fourth-order valence-corrected chi connectivity index (χ4v) is 4.28. The van der Waals surface area contributed by atoms with E-state index in [9.17, 15) is 13.2 Å². The number of benzene rings is 3. The van der Waals surface area contributed by atoms with Crippen molar-refractivity contribution in [2.24, 2.45) is 0 Å². The Labute approximate surface area is 172 Å². The van der Waals surface area contributed by atoms with E-state index >= 15 is 0 Å². The summed E-state index contributed by atoms with van der Waals surface area (Å²) in [5, 5.41) is 2.81. The zero-order chi connectivity index (χ0) is 20.7. The number of amides is 1. The lowest BCUT2D eigenvalue weighted by molar-refractivity contribution is -0.121. The third-order valence-electron chi connectivity index (χ3n) is 4.51. The number of carbonyl (C=O) groups is 1. The van der Waals surface area contributed by atoms with Crippen LogP contribution in [0.1, 0.15) is 16.7 Å². The molecular formula is C23H24N2O3S. The molecule has 0 unspecified atom stereocenters. The molecule has 0 aliphatic carbocycles. The van der Waals surface area contributed by atoms with E-state index in [-0.39, 0.29) is 23.9 Å². The molecule has 29 heavy (non-hydrogen) atoms. The Bertz CT molecular complexity index is 1030. The smallest absolute Gasteiger partial charge is 0.243 e. The lowest BCUT2D eigenvalue weighted by Crippen LogP contribution is -2.40. The van der Waals surface area contributed by atoms with Crippen LogP contribution in [-0.4, -0.2) is 25.2 Å². The molecule has 0 aliphatic rings. The van der Waals surface area contributed by atoms with Crippen molar-refractivity contribution in [2.45, 2.75) is 24.9 Å². The highest BCUT2D eigenvalue weighted by atomic mass is 32.2. The maximum Gasteiger partial charge on any atom is 0.243 e. The van der Waals surface area contributed by atoms with Gasteiger partial charge in [-0.25, -0.2) is 8.42 Å². The van der Waals surface area contributed by atoms with Crippen molar-refractivity contribution < 1.29 is 13.2 Å². The van der Waals surface area contributed by atoms with Crippen molar-refractivity contribution in [1.29, 1.82) is 0 Å². The first-order chi connectivity index (χ1) is 13.9. The van der Waals surface area contributed by atoms with Gasteiger partial charge in [0.05, 0.1) is 11.4 Å². The van der Waals surface area contributed by atoms with Gasteiger partial charge >= 0.3 is 0 Å². The average molecular weight is 409 g/mol. The van der Waals surface area contributed by atoms with Crippen molar-refractivity contribution in [3.05, 3.63) is 102 Å². The van der Waals surface area contributed by atoms with Crippen LogP contribution in [-0.2, 0) is 27.9 Å². The molecule has 0 atom stereocenters. The van der Waals surface area contributed by atoms with Crippen molar-refractivity contribution in [2.75, 3.05) is 6.54 Å². The Hall–Kier alpha value is -2.96. The summed E-state index contributed by atoms with van der Waals surface area (Å²) >= 11 is 0. The van der Waals surface area contributed by atoms with Crippen LogP contribution in [0.5, 0.6) is 0 Å². The topological polar surface area (TPSA) is 66.5 Å². The molecule has 150 valence electrons. The van der Waals surface area contributed by atoms with E-state index < -0.39 is 10.0 Å². The predicted molar refractivity (Wildman–Crippen MR) is 114 cm³/mol. The summed E-state index contributed by atoms with van der Waals surface area (Å²) in [4.78, 5) is 12.7. The number of rotatable bonds is 8. The third-order valence-corrected chi connectivity index (χ3v) is 6.32. The molecule has 0 aliphatic heterocycles. The molecule has 0 spiro atoms. The van der Waals surface area contributed by atoms with Crippen LogP contribution in [0.3, 0.4) is 0 Å². The lowest BCUT2D eigenvalue weighted by atomic mass is 10.1. The minimum Gasteiger partial charge on any atom is -0.351 e. The second-order valence-corrected chi connectivity index (χ2v) is 8.77. The maximum atomic E-state index is 13.1. The summed E-state index contributed by atoms with van der Waals surface area (Å²) in [6.07, 6.45) is 0. The van der Waals surface area contributed by atoms with Crippen LogP contribution in [0.4, 0.5) is 0 Å². The number of sulfonamides is 1. The summed E-state index contributed by atoms with van der Waals surface area (Å²) in [6, 6.07) is 25.3. The number of nitrogens with one attached hydrogen (secondary N) is 1. The van der Waals surface area contributed by atoms with E-state index in [4.69, 9.17) is 0 Å². The second kappa shape index (κ2) is 9.49. The predicted octanol–water partition coefficient (Wildman–Crippen LogP) is 3.50. The number of aryl methyl sites for hydroxylation is 1. The molecule has 1 N–H and O–H groups in total. The van der Waals surface area contributed by atoms with E-state index in [1.165, 1.54) is 16.4 Å². The molecule has 3 rings (SSSR count). The van der Waals surface area contributed by atoms with Gasteiger partial charge in [0.1, 0.15) is 0 Å². The molecule has 0 saturated carbocycles. The monoisotopic (exact) mass is 408 g/mol. The summed E-state index contributed by atoms with van der Waals surface area (Å²) < 4.78 is 27.5. The van der Waals surface area contributed by atoms with Gasteiger partial charge in [-0.15, -0.1) is 0 Å². The van der Waals surface area contributed by atoms with Crippen LogP contribution in [0.15, 0.2) is 89.8 Å². The van der Waals surface area contributed by atoms with E-state index in [0.717, 1.165) is 16.7 Å². The number of hydrogen-bond donors (Lipinski definition) is 1. The second-order valence-electron chi connectivity index (χ2n) is 6.83. The SMILES string of the molecule is Cc1ccc(CNC(=O)CN(Cc2ccccc2)S(=O)(=O)c2ccccc2)cc1. The van der Waals surface area contributed by atoms with Crippen LogP contribution in [0, 0.1) is 6.92 Å². The van der Waals surface area contributed by atoms with Crippen molar-refractivity contribution >= 4 is 15.9 Å². The molecule has 0 bridgehead atoms. The highest BCUT2D eigenvalue weighted by Crippen LogP contribution is 2.18. The van der Waals surface area contributed by atoms with Gasteiger partial charge in [-0.3, -0.25) is 4.79 Å².